The van der Waals surface area contributed by atoms with Crippen molar-refractivity contribution in [2.24, 2.45) is 0 Å². The highest BCUT2D eigenvalue weighted by Gasteiger charge is 2.28. The van der Waals surface area contributed by atoms with Gasteiger partial charge in [-0.2, -0.15) is 5.26 Å². The molecule has 1 N–H and O–H groups in total. The molecule has 1 aliphatic rings. The van der Waals surface area contributed by atoms with Crippen molar-refractivity contribution in [2.75, 3.05) is 6.54 Å². The standard InChI is InChI=1S/C15H21N3O/c16-8-4-10-18(12-13-5-3-9-17-11-13)14-6-1-2-7-15(14)19/h3,5,9,11,14-15,19H,1-2,4,6-7,10,12H2/t14-,15-/m1/s1. The lowest BCUT2D eigenvalue weighted by Gasteiger charge is -2.37. The second-order valence-electron chi connectivity index (χ2n) is 5.16. The quantitative estimate of drug-likeness (QED) is 0.879. The monoisotopic (exact) mass is 259 g/mol. The Morgan fingerprint density at radius 2 is 2.26 bits per heavy atom. The van der Waals surface area contributed by atoms with Crippen LogP contribution in [0.4, 0.5) is 0 Å². The Morgan fingerprint density at radius 3 is 2.95 bits per heavy atom. The Kier molecular flexibility index (Phi) is 5.31. The number of nitriles is 1. The topological polar surface area (TPSA) is 60.2 Å². The minimum Gasteiger partial charge on any atom is -0.391 e. The molecule has 0 aliphatic heterocycles. The highest BCUT2D eigenvalue weighted by molar-refractivity contribution is 5.08. The van der Waals surface area contributed by atoms with Gasteiger partial charge in [0, 0.05) is 37.9 Å². The number of aromatic nitrogens is 1. The molecule has 102 valence electrons. The third kappa shape index (κ3) is 4.02. The zero-order valence-electron chi connectivity index (χ0n) is 11.2. The summed E-state index contributed by atoms with van der Waals surface area (Å²) < 4.78 is 0. The van der Waals surface area contributed by atoms with Crippen molar-refractivity contribution >= 4 is 0 Å². The maximum atomic E-state index is 10.2. The van der Waals surface area contributed by atoms with Crippen LogP contribution in [0.3, 0.4) is 0 Å². The lowest BCUT2D eigenvalue weighted by atomic mass is 9.91. The van der Waals surface area contributed by atoms with Crippen LogP contribution >= 0.6 is 0 Å². The minimum absolute atomic E-state index is 0.183. The first-order valence-corrected chi connectivity index (χ1v) is 6.99. The average Bonchev–Trinajstić information content (AvgIpc) is 2.45. The maximum Gasteiger partial charge on any atom is 0.0695 e. The Bertz CT molecular complexity index is 415. The van der Waals surface area contributed by atoms with E-state index < -0.39 is 0 Å². The van der Waals surface area contributed by atoms with Crippen molar-refractivity contribution in [1.29, 1.82) is 5.26 Å². The Labute approximate surface area is 114 Å². The zero-order valence-corrected chi connectivity index (χ0v) is 11.2. The molecule has 0 amide bonds. The first-order chi connectivity index (χ1) is 9.31. The number of pyridine rings is 1. The van der Waals surface area contributed by atoms with Crippen LogP contribution in [0.5, 0.6) is 0 Å². The van der Waals surface area contributed by atoms with E-state index in [9.17, 15) is 5.11 Å². The summed E-state index contributed by atoms with van der Waals surface area (Å²) in [6.07, 6.45) is 8.03. The third-order valence-electron chi connectivity index (χ3n) is 3.78. The number of nitrogens with zero attached hydrogens (tertiary/aromatic N) is 3. The second-order valence-corrected chi connectivity index (χ2v) is 5.16. The highest BCUT2D eigenvalue weighted by Crippen LogP contribution is 2.24. The second kappa shape index (κ2) is 7.22. The summed E-state index contributed by atoms with van der Waals surface area (Å²) in [4.78, 5) is 6.37. The van der Waals surface area contributed by atoms with Gasteiger partial charge in [0.15, 0.2) is 0 Å². The van der Waals surface area contributed by atoms with Gasteiger partial charge >= 0.3 is 0 Å². The molecule has 0 bridgehead atoms. The predicted octanol–water partition coefficient (Wildman–Crippen LogP) is 2.10. The molecule has 4 nitrogen and oxygen atoms in total. The van der Waals surface area contributed by atoms with Crippen molar-refractivity contribution in [3.05, 3.63) is 30.1 Å². The number of rotatable bonds is 5. The fourth-order valence-corrected chi connectivity index (χ4v) is 2.80. The van der Waals surface area contributed by atoms with Crippen molar-refractivity contribution in [1.82, 2.24) is 9.88 Å². The molecule has 2 atom stereocenters. The van der Waals surface area contributed by atoms with E-state index in [0.29, 0.717) is 13.0 Å². The molecule has 4 heteroatoms. The van der Waals surface area contributed by atoms with Gasteiger partial charge in [-0.05, 0) is 24.5 Å². The van der Waals surface area contributed by atoms with Crippen LogP contribution in [-0.4, -0.2) is 33.7 Å². The van der Waals surface area contributed by atoms with Gasteiger partial charge in [0.1, 0.15) is 0 Å². The zero-order chi connectivity index (χ0) is 13.5. The van der Waals surface area contributed by atoms with E-state index in [4.69, 9.17) is 5.26 Å². The van der Waals surface area contributed by atoms with Gasteiger partial charge in [-0.1, -0.05) is 18.9 Å². The van der Waals surface area contributed by atoms with Gasteiger partial charge in [0.25, 0.3) is 0 Å². The molecule has 2 rings (SSSR count). The van der Waals surface area contributed by atoms with Crippen LogP contribution in [0.25, 0.3) is 0 Å². The molecule has 1 fully saturated rings. The van der Waals surface area contributed by atoms with E-state index in [1.54, 1.807) is 6.20 Å². The van der Waals surface area contributed by atoms with Crippen LogP contribution in [0.1, 0.15) is 37.7 Å². The van der Waals surface area contributed by atoms with Gasteiger partial charge in [-0.15, -0.1) is 0 Å². The van der Waals surface area contributed by atoms with Crippen LogP contribution in [0, 0.1) is 11.3 Å². The highest BCUT2D eigenvalue weighted by atomic mass is 16.3. The van der Waals surface area contributed by atoms with Crippen LogP contribution < -0.4 is 0 Å². The molecule has 1 saturated carbocycles. The van der Waals surface area contributed by atoms with Crippen LogP contribution in [0.2, 0.25) is 0 Å². The molecule has 0 spiro atoms. The van der Waals surface area contributed by atoms with Gasteiger partial charge in [0.2, 0.25) is 0 Å². The predicted molar refractivity (Wildman–Crippen MR) is 73.1 cm³/mol. The lowest BCUT2D eigenvalue weighted by molar-refractivity contribution is 0.0166. The van der Waals surface area contributed by atoms with Crippen molar-refractivity contribution in [3.8, 4) is 6.07 Å². The van der Waals surface area contributed by atoms with E-state index in [2.05, 4.69) is 16.0 Å². The molecule has 0 unspecified atom stereocenters. The summed E-state index contributed by atoms with van der Waals surface area (Å²) in [5, 5.41) is 19.0. The van der Waals surface area contributed by atoms with Crippen molar-refractivity contribution in [2.45, 2.75) is 50.8 Å². The Hall–Kier alpha value is -1.44. The number of hydrogen-bond donors (Lipinski definition) is 1. The molecule has 0 radical (unpaired) electrons. The average molecular weight is 259 g/mol. The molecule has 0 aromatic carbocycles. The van der Waals surface area contributed by atoms with Gasteiger partial charge < -0.3 is 5.11 Å². The minimum atomic E-state index is -0.260. The Morgan fingerprint density at radius 1 is 1.42 bits per heavy atom. The first-order valence-electron chi connectivity index (χ1n) is 6.99. The smallest absolute Gasteiger partial charge is 0.0695 e. The molecule has 1 aromatic heterocycles. The third-order valence-corrected chi connectivity index (χ3v) is 3.78. The summed E-state index contributed by atoms with van der Waals surface area (Å²) in [6.45, 7) is 1.48. The van der Waals surface area contributed by atoms with Crippen molar-refractivity contribution in [3.63, 3.8) is 0 Å². The summed E-state index contributed by atoms with van der Waals surface area (Å²) in [5.41, 5.74) is 1.14. The molecule has 19 heavy (non-hydrogen) atoms. The van der Waals surface area contributed by atoms with Crippen molar-refractivity contribution < 1.29 is 5.11 Å². The summed E-state index contributed by atoms with van der Waals surface area (Å²) in [7, 11) is 0. The first kappa shape index (κ1) is 14.0. The van der Waals surface area contributed by atoms with Crippen LogP contribution in [-0.2, 0) is 6.54 Å². The largest absolute Gasteiger partial charge is 0.391 e. The van der Waals surface area contributed by atoms with Gasteiger partial charge in [0.05, 0.1) is 12.2 Å². The molecule has 1 heterocycles. The van der Waals surface area contributed by atoms with E-state index in [1.807, 2.05) is 18.3 Å². The summed E-state index contributed by atoms with van der Waals surface area (Å²) in [5.74, 6) is 0. The fourth-order valence-electron chi connectivity index (χ4n) is 2.80. The number of aliphatic hydroxyl groups excluding tert-OH is 1. The van der Waals surface area contributed by atoms with E-state index >= 15 is 0 Å². The fraction of sp³-hybridized carbons (Fsp3) is 0.600. The molecule has 0 saturated heterocycles. The van der Waals surface area contributed by atoms with Crippen LogP contribution in [0.15, 0.2) is 24.5 Å². The number of aliphatic hydroxyl groups is 1. The molecular weight excluding hydrogens is 238 g/mol. The van der Waals surface area contributed by atoms with Gasteiger partial charge in [-0.25, -0.2) is 0 Å². The summed E-state index contributed by atoms with van der Waals surface area (Å²) in [6, 6.07) is 6.35. The van der Waals surface area contributed by atoms with E-state index in [1.165, 1.54) is 0 Å². The number of hydrogen-bond acceptors (Lipinski definition) is 4. The molecule has 1 aromatic rings. The van der Waals surface area contributed by atoms with Gasteiger partial charge in [-0.3, -0.25) is 9.88 Å². The van der Waals surface area contributed by atoms with E-state index in [-0.39, 0.29) is 12.1 Å². The molecular formula is C15H21N3O. The maximum absolute atomic E-state index is 10.2. The normalized spacial score (nSPS) is 23.2. The lowest BCUT2D eigenvalue weighted by Crippen LogP contribution is -2.45. The Balaban J connectivity index is 2.04. The molecule has 1 aliphatic carbocycles. The van der Waals surface area contributed by atoms with E-state index in [0.717, 1.165) is 37.8 Å². The SMILES string of the molecule is N#CCCN(Cc1cccnc1)[C@@H]1CCCC[C@H]1O. The summed E-state index contributed by atoms with van der Waals surface area (Å²) >= 11 is 0.